The SMILES string of the molecule is O=S(F)C(F)(F)Cl. The summed E-state index contributed by atoms with van der Waals surface area (Å²) in [5.74, 6) is 0. The van der Waals surface area contributed by atoms with Crippen molar-refractivity contribution >= 4 is 22.8 Å². The van der Waals surface area contributed by atoms with E-state index in [2.05, 4.69) is 11.6 Å². The quantitative estimate of drug-likeness (QED) is 0.410. The van der Waals surface area contributed by atoms with E-state index in [1.165, 1.54) is 0 Å². The van der Waals surface area contributed by atoms with Crippen LogP contribution in [0.5, 0.6) is 0 Å². The first kappa shape index (κ1) is 7.23. The smallest absolute Gasteiger partial charge is 0.217 e. The van der Waals surface area contributed by atoms with Crippen molar-refractivity contribution in [2.75, 3.05) is 0 Å². The number of rotatable bonds is 1. The molecule has 7 heavy (non-hydrogen) atoms. The summed E-state index contributed by atoms with van der Waals surface area (Å²) in [5, 5.41) is 0. The Labute approximate surface area is 45.2 Å². The standard InChI is InChI=1S/CClF3OS/c2-1(3,4)7(5)6. The fourth-order valence-corrected chi connectivity index (χ4v) is 0. The van der Waals surface area contributed by atoms with E-state index in [4.69, 9.17) is 4.21 Å². The van der Waals surface area contributed by atoms with E-state index in [1.54, 1.807) is 0 Å². The molecule has 0 spiro atoms. The average Bonchev–Trinajstić information content (AvgIpc) is 1.31. The minimum Gasteiger partial charge on any atom is -0.217 e. The molecule has 0 fully saturated rings. The molecule has 0 aliphatic heterocycles. The summed E-state index contributed by atoms with van der Waals surface area (Å²) in [7, 11) is 0. The summed E-state index contributed by atoms with van der Waals surface area (Å²) in [4.78, 5) is 0. The molecule has 0 aromatic rings. The van der Waals surface area contributed by atoms with Crippen LogP contribution < -0.4 is 0 Å². The Morgan fingerprint density at radius 1 is 1.57 bits per heavy atom. The second-order valence-corrected chi connectivity index (χ2v) is 2.33. The largest absolute Gasteiger partial charge is 0.427 e. The Balaban J connectivity index is 3.79. The topological polar surface area (TPSA) is 17.1 Å². The Morgan fingerprint density at radius 2 is 1.71 bits per heavy atom. The first-order valence-corrected chi connectivity index (χ1v) is 2.52. The normalized spacial score (nSPS) is 16.6. The molecule has 1 atom stereocenters. The molecule has 1 unspecified atom stereocenters. The van der Waals surface area contributed by atoms with Crippen LogP contribution in [0.4, 0.5) is 12.7 Å². The van der Waals surface area contributed by atoms with Crippen LogP contribution in [0.25, 0.3) is 0 Å². The zero-order valence-electron chi connectivity index (χ0n) is 2.83. The lowest BCUT2D eigenvalue weighted by Crippen LogP contribution is -2.08. The lowest BCUT2D eigenvalue weighted by atomic mass is 11.6. The van der Waals surface area contributed by atoms with Gasteiger partial charge < -0.3 is 0 Å². The van der Waals surface area contributed by atoms with Gasteiger partial charge >= 0.3 is 4.71 Å². The lowest BCUT2D eigenvalue weighted by molar-refractivity contribution is 0.189. The molecule has 0 heterocycles. The Morgan fingerprint density at radius 3 is 1.71 bits per heavy atom. The molecule has 0 N–H and O–H groups in total. The third-order valence-electron chi connectivity index (χ3n) is 0.182. The zero-order chi connectivity index (χ0) is 6.08. The van der Waals surface area contributed by atoms with Crippen molar-refractivity contribution in [1.82, 2.24) is 0 Å². The Kier molecular flexibility index (Phi) is 2.07. The lowest BCUT2D eigenvalue weighted by Gasteiger charge is -1.94. The third kappa shape index (κ3) is 2.87. The molecule has 0 saturated heterocycles. The fraction of sp³-hybridized carbons (Fsp3) is 1.00. The van der Waals surface area contributed by atoms with Crippen LogP contribution in [0.3, 0.4) is 0 Å². The molecule has 0 amide bonds. The van der Waals surface area contributed by atoms with Crippen LogP contribution in [-0.4, -0.2) is 8.92 Å². The highest BCUT2D eigenvalue weighted by Crippen LogP contribution is 2.23. The predicted molar refractivity (Wildman–Crippen MR) is 20.1 cm³/mol. The molecule has 0 aliphatic carbocycles. The van der Waals surface area contributed by atoms with Gasteiger partial charge in [0.2, 0.25) is 0 Å². The first-order chi connectivity index (χ1) is 2.94. The van der Waals surface area contributed by atoms with E-state index >= 15 is 0 Å². The third-order valence-corrected chi connectivity index (χ3v) is 0.910. The summed E-state index contributed by atoms with van der Waals surface area (Å²) < 4.78 is 37.5. The molecular formula is CClF3OS. The number of hydrogen-bond acceptors (Lipinski definition) is 1. The van der Waals surface area contributed by atoms with E-state index in [1.807, 2.05) is 0 Å². The minimum atomic E-state index is -4.22. The van der Waals surface area contributed by atoms with Crippen LogP contribution in [0.2, 0.25) is 0 Å². The maximum Gasteiger partial charge on any atom is 0.427 e. The van der Waals surface area contributed by atoms with Crippen molar-refractivity contribution in [3.8, 4) is 0 Å². The van der Waals surface area contributed by atoms with Gasteiger partial charge in [-0.25, -0.2) is 4.21 Å². The van der Waals surface area contributed by atoms with Crippen LogP contribution in [0.1, 0.15) is 0 Å². The van der Waals surface area contributed by atoms with Crippen molar-refractivity contribution in [3.63, 3.8) is 0 Å². The van der Waals surface area contributed by atoms with E-state index in [9.17, 15) is 12.7 Å². The van der Waals surface area contributed by atoms with E-state index < -0.39 is 15.9 Å². The van der Waals surface area contributed by atoms with Crippen LogP contribution in [0.15, 0.2) is 0 Å². The molecule has 44 valence electrons. The van der Waals surface area contributed by atoms with Gasteiger partial charge in [0, 0.05) is 0 Å². The molecule has 0 saturated carbocycles. The summed E-state index contributed by atoms with van der Waals surface area (Å²) in [6.45, 7) is 0. The molecule has 0 radical (unpaired) electrons. The zero-order valence-corrected chi connectivity index (χ0v) is 4.40. The Bertz CT molecular complexity index is 87.4. The predicted octanol–water partition coefficient (Wildman–Crippen LogP) is 1.41. The maximum absolute atomic E-state index is 10.9. The van der Waals surface area contributed by atoms with Crippen molar-refractivity contribution in [2.24, 2.45) is 0 Å². The molecule has 0 aromatic carbocycles. The summed E-state index contributed by atoms with van der Waals surface area (Å²) in [6, 6.07) is 0. The van der Waals surface area contributed by atoms with Gasteiger partial charge in [-0.1, -0.05) is 0 Å². The monoisotopic (exact) mass is 152 g/mol. The molecule has 0 aliphatic rings. The molecule has 1 nitrogen and oxygen atoms in total. The van der Waals surface area contributed by atoms with E-state index in [-0.39, 0.29) is 0 Å². The van der Waals surface area contributed by atoms with Crippen LogP contribution in [0, 0.1) is 0 Å². The number of alkyl halides is 3. The minimum absolute atomic E-state index is 3.75. The van der Waals surface area contributed by atoms with Crippen LogP contribution in [-0.2, 0) is 11.2 Å². The highest BCUT2D eigenvalue weighted by atomic mass is 35.5. The van der Waals surface area contributed by atoms with E-state index in [0.29, 0.717) is 0 Å². The van der Waals surface area contributed by atoms with Gasteiger partial charge in [0.1, 0.15) is 0 Å². The van der Waals surface area contributed by atoms with E-state index in [0.717, 1.165) is 0 Å². The van der Waals surface area contributed by atoms with Gasteiger partial charge in [0.05, 0.1) is 0 Å². The van der Waals surface area contributed by atoms with Crippen molar-refractivity contribution in [3.05, 3.63) is 0 Å². The highest BCUT2D eigenvalue weighted by Gasteiger charge is 2.34. The van der Waals surface area contributed by atoms with Gasteiger partial charge in [-0.2, -0.15) is 8.78 Å². The van der Waals surface area contributed by atoms with Crippen LogP contribution >= 0.6 is 11.6 Å². The van der Waals surface area contributed by atoms with Gasteiger partial charge in [0.25, 0.3) is 11.2 Å². The maximum atomic E-state index is 10.9. The fourth-order valence-electron chi connectivity index (χ4n) is 0. The van der Waals surface area contributed by atoms with Gasteiger partial charge in [-0.15, -0.1) is 3.89 Å². The molecule has 0 aromatic heterocycles. The van der Waals surface area contributed by atoms with Gasteiger partial charge in [-0.3, -0.25) is 0 Å². The second-order valence-electron chi connectivity index (χ2n) is 0.669. The highest BCUT2D eigenvalue weighted by molar-refractivity contribution is 7.82. The molecule has 6 heteroatoms. The second kappa shape index (κ2) is 2.00. The average molecular weight is 153 g/mol. The molecule has 0 rings (SSSR count). The number of hydrogen-bond donors (Lipinski definition) is 0. The summed E-state index contributed by atoms with van der Waals surface area (Å²) in [6.07, 6.45) is 0. The first-order valence-electron chi connectivity index (χ1n) is 1.09. The summed E-state index contributed by atoms with van der Waals surface area (Å²) in [5.41, 5.74) is 0. The molecular weight excluding hydrogens is 153 g/mol. The number of halogens is 4. The van der Waals surface area contributed by atoms with Gasteiger partial charge in [0.15, 0.2) is 0 Å². The summed E-state index contributed by atoms with van der Waals surface area (Å²) >= 11 is 0.109. The Hall–Kier alpha value is 0.230. The van der Waals surface area contributed by atoms with Crippen molar-refractivity contribution in [2.45, 2.75) is 4.71 Å². The van der Waals surface area contributed by atoms with Crippen molar-refractivity contribution in [1.29, 1.82) is 0 Å². The molecule has 0 bridgehead atoms. The van der Waals surface area contributed by atoms with Crippen molar-refractivity contribution < 1.29 is 16.9 Å². The van der Waals surface area contributed by atoms with Gasteiger partial charge in [-0.05, 0) is 11.6 Å².